The Morgan fingerprint density at radius 3 is 2.33 bits per heavy atom. The van der Waals surface area contributed by atoms with Crippen LogP contribution >= 0.6 is 0 Å². The van der Waals surface area contributed by atoms with Crippen LogP contribution in [0.25, 0.3) is 0 Å². The van der Waals surface area contributed by atoms with Gasteiger partial charge in [-0.05, 0) is 19.1 Å². The van der Waals surface area contributed by atoms with E-state index in [0.717, 1.165) is 5.69 Å². The predicted molar refractivity (Wildman–Crippen MR) is 64.3 cm³/mol. The van der Waals surface area contributed by atoms with E-state index in [1.807, 2.05) is 0 Å². The molecule has 1 rings (SSSR count). The average Bonchev–Trinajstić information content (AvgIpc) is 2.21. The molecule has 1 aromatic rings. The zero-order valence-electron chi connectivity index (χ0n) is 10.1. The molecule has 0 aromatic carbocycles. The number of hydrogen-bond acceptors (Lipinski definition) is 5. The van der Waals surface area contributed by atoms with E-state index in [-0.39, 0.29) is 25.4 Å². The lowest BCUT2D eigenvalue weighted by molar-refractivity contribution is -0.122. The molecule has 0 fully saturated rings. The van der Waals surface area contributed by atoms with Crippen molar-refractivity contribution in [3.8, 4) is 5.75 Å². The summed E-state index contributed by atoms with van der Waals surface area (Å²) in [4.78, 5) is 27.3. The van der Waals surface area contributed by atoms with Crippen LogP contribution < -0.4 is 11.5 Å². The van der Waals surface area contributed by atoms with Crippen molar-refractivity contribution in [1.82, 2.24) is 9.88 Å². The fraction of sp³-hybridized carbons (Fsp3) is 0.364. The molecule has 1 aromatic heterocycles. The maximum absolute atomic E-state index is 10.9. The molecule has 0 aliphatic heterocycles. The molecule has 98 valence electrons. The topological polar surface area (TPSA) is 123 Å². The third-order valence-electron chi connectivity index (χ3n) is 2.22. The van der Waals surface area contributed by atoms with Crippen LogP contribution in [-0.4, -0.2) is 39.9 Å². The number of rotatable bonds is 6. The predicted octanol–water partition coefficient (Wildman–Crippen LogP) is -1.13. The first kappa shape index (κ1) is 13.9. The summed E-state index contributed by atoms with van der Waals surface area (Å²) in [5.74, 6) is -1.16. The molecular weight excluding hydrogens is 236 g/mol. The third-order valence-corrected chi connectivity index (χ3v) is 2.22. The van der Waals surface area contributed by atoms with E-state index < -0.39 is 11.8 Å². The zero-order chi connectivity index (χ0) is 13.7. The highest BCUT2D eigenvalue weighted by atomic mass is 16.3. The molecular formula is C11H16N4O3. The minimum Gasteiger partial charge on any atom is -0.506 e. The second-order valence-electron chi connectivity index (χ2n) is 4.00. The fourth-order valence-electron chi connectivity index (χ4n) is 1.54. The first-order chi connectivity index (χ1) is 8.38. The smallest absolute Gasteiger partial charge is 0.231 e. The number of carbonyl (C=O) groups excluding carboxylic acids is 2. The van der Waals surface area contributed by atoms with E-state index in [0.29, 0.717) is 5.69 Å². The molecule has 0 radical (unpaired) electrons. The third kappa shape index (κ3) is 4.38. The molecule has 0 bridgehead atoms. The van der Waals surface area contributed by atoms with E-state index in [4.69, 9.17) is 11.5 Å². The maximum atomic E-state index is 10.9. The number of primary amides is 2. The Kier molecular flexibility index (Phi) is 4.61. The SMILES string of the molecule is Cc1ccc(O)c(CN(CC(N)=O)CC(N)=O)n1. The summed E-state index contributed by atoms with van der Waals surface area (Å²) in [6, 6.07) is 3.16. The molecule has 7 heteroatoms. The van der Waals surface area contributed by atoms with Gasteiger partial charge >= 0.3 is 0 Å². The Bertz CT molecular complexity index is 446. The van der Waals surface area contributed by atoms with Crippen molar-refractivity contribution in [3.63, 3.8) is 0 Å². The number of carbonyl (C=O) groups is 2. The second-order valence-corrected chi connectivity index (χ2v) is 4.00. The Labute approximate surface area is 104 Å². The number of aryl methyl sites for hydroxylation is 1. The molecule has 0 atom stereocenters. The van der Waals surface area contributed by atoms with Crippen LogP contribution in [0.2, 0.25) is 0 Å². The van der Waals surface area contributed by atoms with Gasteiger partial charge in [0.2, 0.25) is 11.8 Å². The first-order valence-electron chi connectivity index (χ1n) is 5.33. The van der Waals surface area contributed by atoms with Crippen LogP contribution in [0, 0.1) is 6.92 Å². The number of nitrogens with two attached hydrogens (primary N) is 2. The Morgan fingerprint density at radius 1 is 1.28 bits per heavy atom. The number of aromatic hydroxyl groups is 1. The average molecular weight is 252 g/mol. The summed E-state index contributed by atoms with van der Waals surface area (Å²) in [5, 5.41) is 9.63. The molecule has 7 nitrogen and oxygen atoms in total. The standard InChI is InChI=1S/C11H16N4O3/c1-7-2-3-9(16)8(14-7)4-15(5-10(12)17)6-11(13)18/h2-3,16H,4-6H2,1H3,(H2,12,17)(H2,13,18). The molecule has 0 spiro atoms. The van der Waals surface area contributed by atoms with Gasteiger partial charge in [0, 0.05) is 12.2 Å². The molecule has 0 aliphatic rings. The van der Waals surface area contributed by atoms with Gasteiger partial charge in [-0.3, -0.25) is 19.5 Å². The van der Waals surface area contributed by atoms with E-state index in [1.165, 1.54) is 11.0 Å². The van der Waals surface area contributed by atoms with Crippen molar-refractivity contribution in [2.45, 2.75) is 13.5 Å². The Hall–Kier alpha value is -2.15. The van der Waals surface area contributed by atoms with Crippen molar-refractivity contribution in [3.05, 3.63) is 23.5 Å². The van der Waals surface area contributed by atoms with Crippen LogP contribution in [0.4, 0.5) is 0 Å². The molecule has 18 heavy (non-hydrogen) atoms. The lowest BCUT2D eigenvalue weighted by atomic mass is 10.2. The summed E-state index contributed by atoms with van der Waals surface area (Å²) < 4.78 is 0. The zero-order valence-corrected chi connectivity index (χ0v) is 10.1. The highest BCUT2D eigenvalue weighted by Gasteiger charge is 2.14. The van der Waals surface area contributed by atoms with Gasteiger partial charge in [-0.1, -0.05) is 0 Å². The summed E-state index contributed by atoms with van der Waals surface area (Å²) >= 11 is 0. The molecule has 0 saturated carbocycles. The van der Waals surface area contributed by atoms with Crippen molar-refractivity contribution < 1.29 is 14.7 Å². The molecule has 0 saturated heterocycles. The number of aromatic nitrogens is 1. The van der Waals surface area contributed by atoms with E-state index in [2.05, 4.69) is 4.98 Å². The summed E-state index contributed by atoms with van der Waals surface area (Å²) in [7, 11) is 0. The van der Waals surface area contributed by atoms with E-state index in [1.54, 1.807) is 13.0 Å². The Balaban J connectivity index is 2.84. The van der Waals surface area contributed by atoms with Crippen molar-refractivity contribution in [2.24, 2.45) is 11.5 Å². The summed E-state index contributed by atoms with van der Waals surface area (Å²) in [6.45, 7) is 1.64. The largest absolute Gasteiger partial charge is 0.506 e. The number of hydrogen-bond donors (Lipinski definition) is 3. The minimum absolute atomic E-state index is 0.000425. The number of amides is 2. The molecule has 1 heterocycles. The van der Waals surface area contributed by atoms with Gasteiger partial charge < -0.3 is 16.6 Å². The molecule has 5 N–H and O–H groups in total. The van der Waals surface area contributed by atoms with Crippen LogP contribution in [0.5, 0.6) is 5.75 Å². The van der Waals surface area contributed by atoms with Crippen molar-refractivity contribution in [2.75, 3.05) is 13.1 Å². The van der Waals surface area contributed by atoms with Gasteiger partial charge in [0.25, 0.3) is 0 Å². The monoisotopic (exact) mass is 252 g/mol. The van der Waals surface area contributed by atoms with Crippen LogP contribution in [0.15, 0.2) is 12.1 Å². The molecule has 0 aliphatic carbocycles. The van der Waals surface area contributed by atoms with Gasteiger partial charge in [-0.2, -0.15) is 0 Å². The Morgan fingerprint density at radius 2 is 1.83 bits per heavy atom. The summed E-state index contributed by atoms with van der Waals surface area (Å²) in [5.41, 5.74) is 11.2. The van der Waals surface area contributed by atoms with Crippen LogP contribution in [-0.2, 0) is 16.1 Å². The molecule has 0 unspecified atom stereocenters. The first-order valence-corrected chi connectivity index (χ1v) is 5.33. The van der Waals surface area contributed by atoms with Gasteiger partial charge in [-0.25, -0.2) is 0 Å². The van der Waals surface area contributed by atoms with Gasteiger partial charge in [0.15, 0.2) is 0 Å². The highest BCUT2D eigenvalue weighted by Crippen LogP contribution is 2.16. The van der Waals surface area contributed by atoms with Crippen molar-refractivity contribution >= 4 is 11.8 Å². The van der Waals surface area contributed by atoms with Gasteiger partial charge in [0.05, 0.1) is 18.8 Å². The number of nitrogens with zero attached hydrogens (tertiary/aromatic N) is 2. The summed E-state index contributed by atoms with van der Waals surface area (Å²) in [6.07, 6.45) is 0. The lowest BCUT2D eigenvalue weighted by Crippen LogP contribution is -2.39. The van der Waals surface area contributed by atoms with Crippen LogP contribution in [0.3, 0.4) is 0 Å². The van der Waals surface area contributed by atoms with Crippen molar-refractivity contribution in [1.29, 1.82) is 0 Å². The fourth-order valence-corrected chi connectivity index (χ4v) is 1.54. The normalized spacial score (nSPS) is 10.6. The quantitative estimate of drug-likeness (QED) is 0.591. The second kappa shape index (κ2) is 5.97. The van der Waals surface area contributed by atoms with E-state index in [9.17, 15) is 14.7 Å². The van der Waals surface area contributed by atoms with E-state index >= 15 is 0 Å². The lowest BCUT2D eigenvalue weighted by Gasteiger charge is -2.19. The number of pyridine rings is 1. The minimum atomic E-state index is -0.580. The maximum Gasteiger partial charge on any atom is 0.231 e. The highest BCUT2D eigenvalue weighted by molar-refractivity contribution is 5.79. The van der Waals surface area contributed by atoms with Gasteiger partial charge in [0.1, 0.15) is 5.75 Å². The molecule has 2 amide bonds. The van der Waals surface area contributed by atoms with Crippen LogP contribution in [0.1, 0.15) is 11.4 Å². The van der Waals surface area contributed by atoms with Gasteiger partial charge in [-0.15, -0.1) is 0 Å².